The summed E-state index contributed by atoms with van der Waals surface area (Å²) in [6.07, 6.45) is 4.41. The Hall–Kier alpha value is -2.58. The first kappa shape index (κ1) is 20.7. The van der Waals surface area contributed by atoms with Gasteiger partial charge >= 0.3 is 0 Å². The van der Waals surface area contributed by atoms with Gasteiger partial charge < -0.3 is 14.5 Å². The highest BCUT2D eigenvalue weighted by Gasteiger charge is 2.23. The molecule has 1 amide bonds. The third-order valence-corrected chi connectivity index (χ3v) is 5.66. The lowest BCUT2D eigenvalue weighted by Gasteiger charge is -2.35. The van der Waals surface area contributed by atoms with E-state index in [0.29, 0.717) is 48.3 Å². The van der Waals surface area contributed by atoms with Gasteiger partial charge in [-0.1, -0.05) is 23.2 Å². The minimum Gasteiger partial charge on any atom is -0.492 e. The molecule has 3 aromatic rings. The number of hydrogen-bond acceptors (Lipinski definition) is 6. The van der Waals surface area contributed by atoms with Crippen LogP contribution in [0.15, 0.2) is 30.7 Å². The van der Waals surface area contributed by atoms with E-state index in [1.54, 1.807) is 35.4 Å². The highest BCUT2D eigenvalue weighted by molar-refractivity contribution is 6.35. The number of fused-ring (bicyclic) bond motifs is 1. The zero-order valence-electron chi connectivity index (χ0n) is 16.6. The Kier molecular flexibility index (Phi) is 6.24. The topological polar surface area (TPSA) is 76.4 Å². The van der Waals surface area contributed by atoms with E-state index in [0.717, 1.165) is 29.9 Å². The Balaban J connectivity index is 1.25. The van der Waals surface area contributed by atoms with Gasteiger partial charge in [-0.15, -0.1) is 0 Å². The van der Waals surface area contributed by atoms with Crippen LogP contribution in [-0.4, -0.2) is 63.3 Å². The first-order chi connectivity index (χ1) is 14.5. The third-order valence-electron chi connectivity index (χ3n) is 5.13. The van der Waals surface area contributed by atoms with Gasteiger partial charge in [-0.3, -0.25) is 9.48 Å². The molecule has 10 heteroatoms. The first-order valence-electron chi connectivity index (χ1n) is 9.76. The number of hydrogen-bond donors (Lipinski definition) is 0. The van der Waals surface area contributed by atoms with Crippen molar-refractivity contribution >= 4 is 46.0 Å². The lowest BCUT2D eigenvalue weighted by atomic mass is 10.2. The number of rotatable bonds is 6. The predicted octanol–water partition coefficient (Wildman–Crippen LogP) is 3.18. The van der Waals surface area contributed by atoms with Crippen molar-refractivity contribution in [2.45, 2.75) is 12.8 Å². The lowest BCUT2D eigenvalue weighted by Crippen LogP contribution is -2.49. The van der Waals surface area contributed by atoms with Crippen LogP contribution < -0.4 is 9.64 Å². The standard InChI is InChI=1S/C20H22Cl2N6O2/c1-26-19-15(12-25-26)20(24-13-23-19)28-8-6-27(7-9-28)18(29)3-2-10-30-17-5-4-14(21)11-16(17)22/h4-5,11-13H,2-3,6-10H2,1H3. The van der Waals surface area contributed by atoms with Crippen molar-refractivity contribution in [2.24, 2.45) is 7.05 Å². The van der Waals surface area contributed by atoms with Crippen molar-refractivity contribution in [3.8, 4) is 5.75 Å². The SMILES string of the molecule is Cn1ncc2c(N3CCN(C(=O)CCCOc4ccc(Cl)cc4Cl)CC3)ncnc21. The molecular formula is C20H22Cl2N6O2. The number of piperazine rings is 1. The quantitative estimate of drug-likeness (QED) is 0.538. The summed E-state index contributed by atoms with van der Waals surface area (Å²) in [6.45, 7) is 3.20. The zero-order valence-corrected chi connectivity index (χ0v) is 18.1. The average molecular weight is 449 g/mol. The third kappa shape index (κ3) is 4.44. The maximum absolute atomic E-state index is 12.5. The Labute approximate surface area is 184 Å². The van der Waals surface area contributed by atoms with Gasteiger partial charge in [0, 0.05) is 44.7 Å². The molecule has 0 saturated carbocycles. The van der Waals surface area contributed by atoms with Crippen LogP contribution >= 0.6 is 23.2 Å². The summed E-state index contributed by atoms with van der Waals surface area (Å²) < 4.78 is 7.39. The fraction of sp³-hybridized carbons (Fsp3) is 0.400. The molecule has 158 valence electrons. The number of aryl methyl sites for hydroxylation is 1. The summed E-state index contributed by atoms with van der Waals surface area (Å²) in [5.41, 5.74) is 0.805. The Morgan fingerprint density at radius 2 is 1.97 bits per heavy atom. The van der Waals surface area contributed by atoms with Crippen molar-refractivity contribution in [2.75, 3.05) is 37.7 Å². The number of halogens is 2. The second-order valence-corrected chi connectivity index (χ2v) is 7.94. The van der Waals surface area contributed by atoms with Crippen molar-refractivity contribution in [1.82, 2.24) is 24.6 Å². The molecule has 0 radical (unpaired) electrons. The van der Waals surface area contributed by atoms with Crippen LogP contribution in [0.5, 0.6) is 5.75 Å². The predicted molar refractivity (Wildman–Crippen MR) is 116 cm³/mol. The molecule has 0 bridgehead atoms. The molecule has 3 heterocycles. The largest absolute Gasteiger partial charge is 0.492 e. The van der Waals surface area contributed by atoms with Gasteiger partial charge in [0.05, 0.1) is 23.2 Å². The van der Waals surface area contributed by atoms with Gasteiger partial charge in [0.25, 0.3) is 0 Å². The maximum atomic E-state index is 12.5. The van der Waals surface area contributed by atoms with Crippen LogP contribution in [0.4, 0.5) is 5.82 Å². The average Bonchev–Trinajstić information content (AvgIpc) is 3.13. The van der Waals surface area contributed by atoms with Crippen molar-refractivity contribution < 1.29 is 9.53 Å². The van der Waals surface area contributed by atoms with Crippen LogP contribution in [0, 0.1) is 0 Å². The minimum atomic E-state index is 0.134. The lowest BCUT2D eigenvalue weighted by molar-refractivity contribution is -0.131. The summed E-state index contributed by atoms with van der Waals surface area (Å²) in [4.78, 5) is 25.3. The van der Waals surface area contributed by atoms with E-state index in [1.165, 1.54) is 0 Å². The van der Waals surface area contributed by atoms with E-state index >= 15 is 0 Å². The Morgan fingerprint density at radius 3 is 2.73 bits per heavy atom. The minimum absolute atomic E-state index is 0.134. The molecule has 0 spiro atoms. The molecule has 8 nitrogen and oxygen atoms in total. The molecule has 1 fully saturated rings. The second-order valence-electron chi connectivity index (χ2n) is 7.10. The van der Waals surface area contributed by atoms with Gasteiger partial charge in [-0.25, -0.2) is 9.97 Å². The van der Waals surface area contributed by atoms with Crippen molar-refractivity contribution in [3.05, 3.63) is 40.8 Å². The monoisotopic (exact) mass is 448 g/mol. The molecule has 0 atom stereocenters. The number of benzene rings is 1. The highest BCUT2D eigenvalue weighted by atomic mass is 35.5. The molecular weight excluding hydrogens is 427 g/mol. The molecule has 2 aromatic heterocycles. The number of carbonyl (C=O) groups excluding carboxylic acids is 1. The molecule has 1 aromatic carbocycles. The van der Waals surface area contributed by atoms with Crippen LogP contribution in [0.2, 0.25) is 10.0 Å². The summed E-state index contributed by atoms with van der Waals surface area (Å²) in [5.74, 6) is 1.58. The van der Waals surface area contributed by atoms with Gasteiger partial charge in [-0.2, -0.15) is 5.10 Å². The second kappa shape index (κ2) is 9.06. The maximum Gasteiger partial charge on any atom is 0.222 e. The van der Waals surface area contributed by atoms with E-state index in [4.69, 9.17) is 27.9 Å². The van der Waals surface area contributed by atoms with Crippen LogP contribution in [-0.2, 0) is 11.8 Å². The van der Waals surface area contributed by atoms with Crippen LogP contribution in [0.1, 0.15) is 12.8 Å². The number of anilines is 1. The van der Waals surface area contributed by atoms with E-state index < -0.39 is 0 Å². The number of amides is 1. The molecule has 1 aliphatic rings. The molecule has 1 aliphatic heterocycles. The fourth-order valence-corrected chi connectivity index (χ4v) is 3.99. The molecule has 1 saturated heterocycles. The summed E-state index contributed by atoms with van der Waals surface area (Å²) >= 11 is 12.0. The van der Waals surface area contributed by atoms with Crippen molar-refractivity contribution in [3.63, 3.8) is 0 Å². The van der Waals surface area contributed by atoms with E-state index in [1.807, 2.05) is 11.9 Å². The molecule has 0 unspecified atom stereocenters. The number of ether oxygens (including phenoxy) is 1. The number of aromatic nitrogens is 4. The van der Waals surface area contributed by atoms with Gasteiger partial charge in [-0.05, 0) is 24.6 Å². The first-order valence-corrected chi connectivity index (χ1v) is 10.5. The van der Waals surface area contributed by atoms with Gasteiger partial charge in [0.15, 0.2) is 5.65 Å². The summed E-state index contributed by atoms with van der Waals surface area (Å²) in [5, 5.41) is 6.23. The molecule has 0 aliphatic carbocycles. The van der Waals surface area contributed by atoms with Crippen LogP contribution in [0.25, 0.3) is 11.0 Å². The van der Waals surface area contributed by atoms with E-state index in [9.17, 15) is 4.79 Å². The fourth-order valence-electron chi connectivity index (χ4n) is 3.53. The van der Waals surface area contributed by atoms with Gasteiger partial charge in [0.1, 0.15) is 17.9 Å². The molecule has 30 heavy (non-hydrogen) atoms. The molecule has 0 N–H and O–H groups in total. The smallest absolute Gasteiger partial charge is 0.222 e. The summed E-state index contributed by atoms with van der Waals surface area (Å²) in [6, 6.07) is 5.10. The number of carbonyl (C=O) groups is 1. The molecule has 4 rings (SSSR count). The Morgan fingerprint density at radius 1 is 1.17 bits per heavy atom. The van der Waals surface area contributed by atoms with Gasteiger partial charge in [0.2, 0.25) is 5.91 Å². The summed E-state index contributed by atoms with van der Waals surface area (Å²) in [7, 11) is 1.86. The van der Waals surface area contributed by atoms with Crippen LogP contribution in [0.3, 0.4) is 0 Å². The highest BCUT2D eigenvalue weighted by Crippen LogP contribution is 2.27. The zero-order chi connectivity index (χ0) is 21.1. The normalized spacial score (nSPS) is 14.4. The van der Waals surface area contributed by atoms with Crippen molar-refractivity contribution in [1.29, 1.82) is 0 Å². The Bertz CT molecular complexity index is 1050. The van der Waals surface area contributed by atoms with E-state index in [-0.39, 0.29) is 5.91 Å². The van der Waals surface area contributed by atoms with E-state index in [2.05, 4.69) is 20.0 Å². The number of nitrogens with zero attached hydrogens (tertiary/aromatic N) is 6.